The smallest absolute Gasteiger partial charge is 0.335 e. The van der Waals surface area contributed by atoms with Crippen LogP contribution in [0.4, 0.5) is 4.79 Å². The zero-order chi connectivity index (χ0) is 15.3. The molecule has 0 saturated heterocycles. The molecule has 20 heavy (non-hydrogen) atoms. The van der Waals surface area contributed by atoms with Gasteiger partial charge in [-0.15, -0.1) is 0 Å². The third-order valence-electron chi connectivity index (χ3n) is 2.73. The van der Waals surface area contributed by atoms with Crippen molar-refractivity contribution in [2.24, 2.45) is 5.73 Å². The number of hydrogen-bond acceptors (Lipinski definition) is 3. The molecule has 0 bridgehead atoms. The minimum Gasteiger partial charge on any atom is -0.478 e. The molecule has 7 nitrogen and oxygen atoms in total. The number of primary amides is 1. The Morgan fingerprint density at radius 3 is 2.30 bits per heavy atom. The highest BCUT2D eigenvalue weighted by atomic mass is 16.4. The molecule has 4 N–H and O–H groups in total. The zero-order valence-corrected chi connectivity index (χ0v) is 11.3. The van der Waals surface area contributed by atoms with Crippen LogP contribution in [0.1, 0.15) is 22.8 Å². The van der Waals surface area contributed by atoms with E-state index >= 15 is 0 Å². The van der Waals surface area contributed by atoms with E-state index in [1.54, 1.807) is 19.2 Å². The Balaban J connectivity index is 2.61. The van der Waals surface area contributed by atoms with Crippen molar-refractivity contribution in [3.05, 3.63) is 35.4 Å². The normalized spacial score (nSPS) is 11.5. The molecule has 108 valence electrons. The third kappa shape index (κ3) is 4.27. The largest absolute Gasteiger partial charge is 0.478 e. The number of nitrogens with one attached hydrogen (secondary N) is 1. The van der Waals surface area contributed by atoms with Gasteiger partial charge in [-0.1, -0.05) is 12.1 Å². The number of urea groups is 1. The van der Waals surface area contributed by atoms with Gasteiger partial charge in [0.1, 0.15) is 6.04 Å². The molecule has 0 spiro atoms. The Morgan fingerprint density at radius 2 is 1.85 bits per heavy atom. The molecular weight excluding hydrogens is 262 g/mol. The molecule has 1 atom stereocenters. The lowest BCUT2D eigenvalue weighted by Crippen LogP contribution is -2.47. The number of nitrogens with zero attached hydrogens (tertiary/aromatic N) is 1. The first-order valence-electron chi connectivity index (χ1n) is 5.94. The van der Waals surface area contributed by atoms with E-state index in [4.69, 9.17) is 10.8 Å². The quantitative estimate of drug-likeness (QED) is 0.724. The molecule has 0 aliphatic carbocycles. The van der Waals surface area contributed by atoms with Crippen LogP contribution in [0.15, 0.2) is 24.3 Å². The summed E-state index contributed by atoms with van der Waals surface area (Å²) in [5.41, 5.74) is 6.01. The van der Waals surface area contributed by atoms with E-state index in [9.17, 15) is 14.4 Å². The van der Waals surface area contributed by atoms with E-state index in [1.807, 2.05) is 0 Å². The molecule has 0 fully saturated rings. The van der Waals surface area contributed by atoms with Crippen molar-refractivity contribution in [1.82, 2.24) is 10.2 Å². The Hall–Kier alpha value is -2.57. The van der Waals surface area contributed by atoms with Crippen LogP contribution in [0.5, 0.6) is 0 Å². The van der Waals surface area contributed by atoms with Crippen LogP contribution in [0.3, 0.4) is 0 Å². The van der Waals surface area contributed by atoms with Gasteiger partial charge < -0.3 is 21.1 Å². The van der Waals surface area contributed by atoms with Gasteiger partial charge in [-0.3, -0.25) is 4.79 Å². The van der Waals surface area contributed by atoms with E-state index in [0.29, 0.717) is 0 Å². The van der Waals surface area contributed by atoms with Crippen LogP contribution in [0.2, 0.25) is 0 Å². The number of rotatable bonds is 5. The van der Waals surface area contributed by atoms with Crippen LogP contribution in [-0.2, 0) is 11.3 Å². The summed E-state index contributed by atoms with van der Waals surface area (Å²) in [6.07, 6.45) is 0. The molecule has 0 aromatic heterocycles. The maximum Gasteiger partial charge on any atom is 0.335 e. The predicted octanol–water partition coefficient (Wildman–Crippen LogP) is 0.400. The highest BCUT2D eigenvalue weighted by Gasteiger charge is 2.15. The van der Waals surface area contributed by atoms with Gasteiger partial charge in [0.05, 0.1) is 5.56 Å². The number of carboxylic acid groups (broad SMARTS) is 1. The predicted molar refractivity (Wildman–Crippen MR) is 72.1 cm³/mol. The fourth-order valence-electron chi connectivity index (χ4n) is 1.46. The van der Waals surface area contributed by atoms with Crippen LogP contribution >= 0.6 is 0 Å². The molecule has 7 heteroatoms. The second kappa shape index (κ2) is 6.55. The number of carbonyl (C=O) groups is 3. The van der Waals surface area contributed by atoms with Crippen LogP contribution in [0, 0.1) is 0 Å². The first kappa shape index (κ1) is 15.5. The Morgan fingerprint density at radius 1 is 1.30 bits per heavy atom. The molecule has 1 rings (SSSR count). The van der Waals surface area contributed by atoms with E-state index in [-0.39, 0.29) is 12.1 Å². The molecule has 3 amide bonds. The highest BCUT2D eigenvalue weighted by molar-refractivity contribution is 5.87. The van der Waals surface area contributed by atoms with Crippen molar-refractivity contribution in [3.63, 3.8) is 0 Å². The summed E-state index contributed by atoms with van der Waals surface area (Å²) in [4.78, 5) is 34.7. The number of benzene rings is 1. The summed E-state index contributed by atoms with van der Waals surface area (Å²) in [6, 6.07) is 5.01. The molecule has 0 radical (unpaired) electrons. The summed E-state index contributed by atoms with van der Waals surface area (Å²) < 4.78 is 0. The maximum atomic E-state index is 11.8. The van der Waals surface area contributed by atoms with Crippen LogP contribution in [-0.4, -0.2) is 41.0 Å². The second-order valence-electron chi connectivity index (χ2n) is 4.43. The van der Waals surface area contributed by atoms with Crippen molar-refractivity contribution in [2.75, 3.05) is 7.05 Å². The molecular formula is C13H17N3O4. The molecule has 0 aliphatic rings. The standard InChI is InChI=1S/C13H17N3O4/c1-8(11(14)17)15-13(20)16(2)7-9-3-5-10(6-4-9)12(18)19/h3-6,8H,7H2,1-2H3,(H2,14,17)(H,15,20)(H,18,19). The van der Waals surface area contributed by atoms with Gasteiger partial charge in [0.2, 0.25) is 5.91 Å². The van der Waals surface area contributed by atoms with Crippen molar-refractivity contribution in [1.29, 1.82) is 0 Å². The zero-order valence-electron chi connectivity index (χ0n) is 11.3. The highest BCUT2D eigenvalue weighted by Crippen LogP contribution is 2.07. The van der Waals surface area contributed by atoms with E-state index in [0.717, 1.165) is 5.56 Å². The van der Waals surface area contributed by atoms with E-state index in [2.05, 4.69) is 5.32 Å². The molecule has 1 aromatic carbocycles. The average molecular weight is 279 g/mol. The van der Waals surface area contributed by atoms with Gasteiger partial charge >= 0.3 is 12.0 Å². The van der Waals surface area contributed by atoms with Gasteiger partial charge in [0, 0.05) is 13.6 Å². The second-order valence-corrected chi connectivity index (χ2v) is 4.43. The summed E-state index contributed by atoms with van der Waals surface area (Å²) in [5, 5.41) is 11.2. The van der Waals surface area contributed by atoms with Gasteiger partial charge in [-0.2, -0.15) is 0 Å². The topological polar surface area (TPSA) is 113 Å². The van der Waals surface area contributed by atoms with Gasteiger partial charge in [0.15, 0.2) is 0 Å². The number of hydrogen-bond donors (Lipinski definition) is 3. The minimum absolute atomic E-state index is 0.184. The Kier molecular flexibility index (Phi) is 5.08. The van der Waals surface area contributed by atoms with Crippen molar-refractivity contribution >= 4 is 17.9 Å². The van der Waals surface area contributed by atoms with Crippen molar-refractivity contribution in [3.8, 4) is 0 Å². The number of carboxylic acids is 1. The maximum absolute atomic E-state index is 11.8. The number of nitrogens with two attached hydrogens (primary N) is 1. The van der Waals surface area contributed by atoms with Crippen molar-refractivity contribution in [2.45, 2.75) is 19.5 Å². The first-order valence-corrected chi connectivity index (χ1v) is 5.94. The molecule has 1 unspecified atom stereocenters. The SMILES string of the molecule is CC(NC(=O)N(C)Cc1ccc(C(=O)O)cc1)C(N)=O. The summed E-state index contributed by atoms with van der Waals surface area (Å²) in [7, 11) is 1.56. The number of aromatic carboxylic acids is 1. The number of carbonyl (C=O) groups excluding carboxylic acids is 2. The number of amides is 3. The molecule has 0 heterocycles. The monoisotopic (exact) mass is 279 g/mol. The van der Waals surface area contributed by atoms with Gasteiger partial charge in [-0.25, -0.2) is 9.59 Å². The van der Waals surface area contributed by atoms with E-state index < -0.39 is 23.9 Å². The van der Waals surface area contributed by atoms with Crippen LogP contribution < -0.4 is 11.1 Å². The lowest BCUT2D eigenvalue weighted by Gasteiger charge is -2.20. The fraction of sp³-hybridized carbons (Fsp3) is 0.308. The van der Waals surface area contributed by atoms with Gasteiger partial charge in [-0.05, 0) is 24.6 Å². The summed E-state index contributed by atoms with van der Waals surface area (Å²) in [5.74, 6) is -1.62. The van der Waals surface area contributed by atoms with Crippen molar-refractivity contribution < 1.29 is 19.5 Å². The minimum atomic E-state index is -1.00. The van der Waals surface area contributed by atoms with Crippen LogP contribution in [0.25, 0.3) is 0 Å². The lowest BCUT2D eigenvalue weighted by molar-refractivity contribution is -0.119. The Bertz CT molecular complexity index is 513. The summed E-state index contributed by atoms with van der Waals surface area (Å²) >= 11 is 0. The molecule has 1 aromatic rings. The third-order valence-corrected chi connectivity index (χ3v) is 2.73. The lowest BCUT2D eigenvalue weighted by atomic mass is 10.1. The van der Waals surface area contributed by atoms with E-state index in [1.165, 1.54) is 24.0 Å². The molecule has 0 aliphatic heterocycles. The molecule has 0 saturated carbocycles. The summed E-state index contributed by atoms with van der Waals surface area (Å²) in [6.45, 7) is 1.78. The average Bonchev–Trinajstić information content (AvgIpc) is 2.38. The fourth-order valence-corrected chi connectivity index (χ4v) is 1.46. The first-order chi connectivity index (χ1) is 9.31. The Labute approximate surface area is 116 Å². The van der Waals surface area contributed by atoms with Gasteiger partial charge in [0.25, 0.3) is 0 Å².